The van der Waals surface area contributed by atoms with Crippen LogP contribution in [-0.2, 0) is 17.9 Å². The Morgan fingerprint density at radius 3 is 2.43 bits per heavy atom. The van der Waals surface area contributed by atoms with E-state index in [1.807, 2.05) is 6.08 Å². The Morgan fingerprint density at radius 2 is 1.70 bits per heavy atom. The van der Waals surface area contributed by atoms with Crippen LogP contribution in [0.25, 0.3) is 0 Å². The van der Waals surface area contributed by atoms with E-state index >= 15 is 0 Å². The summed E-state index contributed by atoms with van der Waals surface area (Å²) in [5, 5.41) is 3.08. The van der Waals surface area contributed by atoms with Crippen molar-refractivity contribution in [3.05, 3.63) is 47.0 Å². The molecule has 1 heterocycles. The molecule has 0 radical (unpaired) electrons. The summed E-state index contributed by atoms with van der Waals surface area (Å²) in [5.41, 5.74) is 3.91. The van der Waals surface area contributed by atoms with Crippen molar-refractivity contribution in [2.45, 2.75) is 58.0 Å². The summed E-state index contributed by atoms with van der Waals surface area (Å²) in [6.45, 7) is 4.04. The highest BCUT2D eigenvalue weighted by atomic mass is 16.1. The van der Waals surface area contributed by atoms with Gasteiger partial charge in [-0.3, -0.25) is 9.69 Å². The second-order valence-corrected chi connectivity index (χ2v) is 6.83. The molecule has 0 spiro atoms. The summed E-state index contributed by atoms with van der Waals surface area (Å²) in [5.74, 6) is 0.0675. The molecule has 1 saturated carbocycles. The molecule has 0 unspecified atom stereocenters. The molecule has 124 valence electrons. The Morgan fingerprint density at radius 1 is 1.00 bits per heavy atom. The average Bonchev–Trinajstić information content (AvgIpc) is 3.08. The normalized spacial score (nSPS) is 18.9. The van der Waals surface area contributed by atoms with Gasteiger partial charge in [0.1, 0.15) is 0 Å². The van der Waals surface area contributed by atoms with E-state index in [0.29, 0.717) is 6.54 Å². The summed E-state index contributed by atoms with van der Waals surface area (Å²) in [6.07, 6.45) is 10.4. The highest BCUT2D eigenvalue weighted by molar-refractivity contribution is 5.88. The van der Waals surface area contributed by atoms with Crippen LogP contribution in [0.15, 0.2) is 35.9 Å². The van der Waals surface area contributed by atoms with E-state index in [2.05, 4.69) is 34.5 Å². The smallest absolute Gasteiger partial charge is 0.244 e. The van der Waals surface area contributed by atoms with Crippen LogP contribution in [0, 0.1) is 0 Å². The van der Waals surface area contributed by atoms with E-state index in [-0.39, 0.29) is 5.91 Å². The summed E-state index contributed by atoms with van der Waals surface area (Å²) in [4.78, 5) is 14.6. The first kappa shape index (κ1) is 16.3. The lowest BCUT2D eigenvalue weighted by Crippen LogP contribution is -2.24. The van der Waals surface area contributed by atoms with Gasteiger partial charge in [0, 0.05) is 19.2 Å². The quantitative estimate of drug-likeness (QED) is 0.839. The van der Waals surface area contributed by atoms with Crippen molar-refractivity contribution in [3.63, 3.8) is 0 Å². The number of amides is 1. The van der Waals surface area contributed by atoms with E-state index in [9.17, 15) is 4.79 Å². The maximum absolute atomic E-state index is 12.1. The first-order chi connectivity index (χ1) is 11.3. The zero-order valence-electron chi connectivity index (χ0n) is 14.0. The van der Waals surface area contributed by atoms with Crippen LogP contribution < -0.4 is 5.32 Å². The molecular formula is C20H28N2O. The highest BCUT2D eigenvalue weighted by Gasteiger charge is 2.14. The maximum Gasteiger partial charge on any atom is 0.244 e. The largest absolute Gasteiger partial charge is 0.348 e. The van der Waals surface area contributed by atoms with Crippen LogP contribution in [0.3, 0.4) is 0 Å². The third-order valence-electron chi connectivity index (χ3n) is 5.00. The molecule has 3 heteroatoms. The Labute approximate surface area is 139 Å². The van der Waals surface area contributed by atoms with Gasteiger partial charge in [-0.05, 0) is 62.7 Å². The van der Waals surface area contributed by atoms with E-state index in [4.69, 9.17) is 0 Å². The molecule has 1 N–H and O–H groups in total. The lowest BCUT2D eigenvalue weighted by atomic mass is 9.94. The third-order valence-corrected chi connectivity index (χ3v) is 5.00. The summed E-state index contributed by atoms with van der Waals surface area (Å²) in [6, 6.07) is 8.49. The standard InChI is InChI=1S/C20H28N2O/c23-20(14-17-8-2-1-3-9-17)21-15-18-10-4-5-11-19(18)16-22-12-6-7-13-22/h4-5,10-11,14H,1-3,6-9,12-13,15-16H2,(H,21,23). The molecule has 3 rings (SSSR count). The van der Waals surface area contributed by atoms with Crippen molar-refractivity contribution in [2.75, 3.05) is 13.1 Å². The Hall–Kier alpha value is -1.61. The fraction of sp³-hybridized carbons (Fsp3) is 0.550. The molecule has 1 saturated heterocycles. The SMILES string of the molecule is O=C(C=C1CCCCC1)NCc1ccccc1CN1CCCC1. The zero-order chi connectivity index (χ0) is 15.9. The molecule has 1 aromatic carbocycles. The first-order valence-electron chi connectivity index (χ1n) is 9.08. The number of carbonyl (C=O) groups is 1. The minimum Gasteiger partial charge on any atom is -0.348 e. The average molecular weight is 312 g/mol. The van der Waals surface area contributed by atoms with Gasteiger partial charge in [0.15, 0.2) is 0 Å². The van der Waals surface area contributed by atoms with Gasteiger partial charge in [-0.2, -0.15) is 0 Å². The van der Waals surface area contributed by atoms with Crippen LogP contribution in [0.2, 0.25) is 0 Å². The Balaban J connectivity index is 1.55. The summed E-state index contributed by atoms with van der Waals surface area (Å²) >= 11 is 0. The summed E-state index contributed by atoms with van der Waals surface area (Å²) < 4.78 is 0. The first-order valence-corrected chi connectivity index (χ1v) is 9.08. The van der Waals surface area contributed by atoms with Gasteiger partial charge in [-0.1, -0.05) is 36.3 Å². The van der Waals surface area contributed by atoms with E-state index in [0.717, 1.165) is 19.4 Å². The maximum atomic E-state index is 12.1. The molecule has 0 atom stereocenters. The number of nitrogens with one attached hydrogen (secondary N) is 1. The van der Waals surface area contributed by atoms with Crippen molar-refractivity contribution in [1.29, 1.82) is 0 Å². The molecule has 23 heavy (non-hydrogen) atoms. The minimum absolute atomic E-state index is 0.0675. The van der Waals surface area contributed by atoms with Crippen molar-refractivity contribution < 1.29 is 4.79 Å². The van der Waals surface area contributed by atoms with Crippen LogP contribution in [-0.4, -0.2) is 23.9 Å². The number of nitrogens with zero attached hydrogens (tertiary/aromatic N) is 1. The van der Waals surface area contributed by atoms with Crippen molar-refractivity contribution in [1.82, 2.24) is 10.2 Å². The monoisotopic (exact) mass is 312 g/mol. The second-order valence-electron chi connectivity index (χ2n) is 6.83. The molecule has 2 aliphatic rings. The van der Waals surface area contributed by atoms with Gasteiger partial charge in [0.25, 0.3) is 0 Å². The molecule has 0 aromatic heterocycles. The number of benzene rings is 1. The van der Waals surface area contributed by atoms with Crippen LogP contribution >= 0.6 is 0 Å². The van der Waals surface area contributed by atoms with Gasteiger partial charge in [0.2, 0.25) is 5.91 Å². The van der Waals surface area contributed by atoms with Crippen LogP contribution in [0.4, 0.5) is 0 Å². The van der Waals surface area contributed by atoms with Gasteiger partial charge in [0.05, 0.1) is 0 Å². The number of allylic oxidation sites excluding steroid dienone is 1. The molecule has 0 bridgehead atoms. The Bertz CT molecular complexity index is 551. The molecule has 1 aliphatic carbocycles. The molecular weight excluding hydrogens is 284 g/mol. The molecule has 1 amide bonds. The lowest BCUT2D eigenvalue weighted by Gasteiger charge is -2.18. The van der Waals surface area contributed by atoms with Crippen LogP contribution in [0.1, 0.15) is 56.1 Å². The van der Waals surface area contributed by atoms with Gasteiger partial charge < -0.3 is 5.32 Å². The van der Waals surface area contributed by atoms with E-state index in [1.54, 1.807) is 0 Å². The second kappa shape index (κ2) is 8.30. The topological polar surface area (TPSA) is 32.3 Å². The minimum atomic E-state index is 0.0675. The fourth-order valence-corrected chi connectivity index (χ4v) is 3.63. The molecule has 1 aromatic rings. The zero-order valence-corrected chi connectivity index (χ0v) is 14.0. The van der Waals surface area contributed by atoms with Gasteiger partial charge in [-0.15, -0.1) is 0 Å². The van der Waals surface area contributed by atoms with E-state index in [1.165, 1.54) is 61.9 Å². The van der Waals surface area contributed by atoms with E-state index < -0.39 is 0 Å². The molecule has 3 nitrogen and oxygen atoms in total. The van der Waals surface area contributed by atoms with Crippen molar-refractivity contribution >= 4 is 5.91 Å². The predicted molar refractivity (Wildman–Crippen MR) is 94.0 cm³/mol. The van der Waals surface area contributed by atoms with Gasteiger partial charge in [-0.25, -0.2) is 0 Å². The van der Waals surface area contributed by atoms with Crippen LogP contribution in [0.5, 0.6) is 0 Å². The number of rotatable bonds is 5. The molecule has 2 fully saturated rings. The lowest BCUT2D eigenvalue weighted by molar-refractivity contribution is -0.116. The third kappa shape index (κ3) is 4.93. The fourth-order valence-electron chi connectivity index (χ4n) is 3.63. The highest BCUT2D eigenvalue weighted by Crippen LogP contribution is 2.22. The number of likely N-dealkylation sites (tertiary alicyclic amines) is 1. The number of hydrogen-bond donors (Lipinski definition) is 1. The van der Waals surface area contributed by atoms with Crippen molar-refractivity contribution in [3.8, 4) is 0 Å². The molecule has 1 aliphatic heterocycles. The number of carbonyl (C=O) groups excluding carboxylic acids is 1. The predicted octanol–water partition coefficient (Wildman–Crippen LogP) is 3.79. The summed E-state index contributed by atoms with van der Waals surface area (Å²) in [7, 11) is 0. The van der Waals surface area contributed by atoms with Crippen molar-refractivity contribution in [2.24, 2.45) is 0 Å². The Kier molecular flexibility index (Phi) is 5.87. The number of hydrogen-bond acceptors (Lipinski definition) is 2. The van der Waals surface area contributed by atoms with Gasteiger partial charge >= 0.3 is 0 Å².